The average Bonchev–Trinajstić information content (AvgIpc) is 2.98. The summed E-state index contributed by atoms with van der Waals surface area (Å²) in [7, 11) is 0. The monoisotopic (exact) mass is 285 g/mol. The van der Waals surface area contributed by atoms with Crippen LogP contribution in [0.3, 0.4) is 0 Å². The summed E-state index contributed by atoms with van der Waals surface area (Å²) in [5, 5.41) is 0. The van der Waals surface area contributed by atoms with Crippen LogP contribution in [0.1, 0.15) is 46.5 Å². The van der Waals surface area contributed by atoms with E-state index in [1.165, 1.54) is 0 Å². The maximum atomic E-state index is 12.3. The predicted molar refractivity (Wildman–Crippen MR) is 75.8 cm³/mol. The van der Waals surface area contributed by atoms with E-state index in [1.54, 1.807) is 4.90 Å². The molecule has 0 N–H and O–H groups in total. The van der Waals surface area contributed by atoms with Crippen LogP contribution in [0.5, 0.6) is 0 Å². The maximum Gasteiger partial charge on any atom is 0.410 e. The Morgan fingerprint density at radius 1 is 1.10 bits per heavy atom. The van der Waals surface area contributed by atoms with Crippen LogP contribution in [0.25, 0.3) is 0 Å². The van der Waals surface area contributed by atoms with Crippen molar-refractivity contribution in [2.75, 3.05) is 26.3 Å². The summed E-state index contributed by atoms with van der Waals surface area (Å²) in [5.74, 6) is 0. The van der Waals surface area contributed by atoms with Gasteiger partial charge in [0.15, 0.2) is 0 Å². The normalized spacial score (nSPS) is 26.8. The molecular formula is C15H27NO4. The van der Waals surface area contributed by atoms with Crippen LogP contribution in [0, 0.1) is 0 Å². The van der Waals surface area contributed by atoms with Crippen molar-refractivity contribution in [2.45, 2.75) is 64.3 Å². The Bertz CT molecular complexity index is 296. The maximum absolute atomic E-state index is 12.3. The lowest BCUT2D eigenvalue weighted by molar-refractivity contribution is -0.00418. The Hall–Kier alpha value is -0.810. The summed E-state index contributed by atoms with van der Waals surface area (Å²) in [6.45, 7) is 8.48. The second-order valence-corrected chi connectivity index (χ2v) is 6.66. The van der Waals surface area contributed by atoms with Gasteiger partial charge in [-0.25, -0.2) is 4.79 Å². The molecule has 0 radical (unpaired) electrons. The molecule has 2 heterocycles. The van der Waals surface area contributed by atoms with Crippen molar-refractivity contribution in [3.8, 4) is 0 Å². The fraction of sp³-hybridized carbons (Fsp3) is 0.933. The highest BCUT2D eigenvalue weighted by molar-refractivity contribution is 5.68. The number of rotatable bonds is 4. The third-order valence-electron chi connectivity index (χ3n) is 3.55. The molecule has 5 nitrogen and oxygen atoms in total. The Kier molecular flexibility index (Phi) is 5.27. The minimum Gasteiger partial charge on any atom is -0.444 e. The fourth-order valence-electron chi connectivity index (χ4n) is 2.62. The molecule has 2 rings (SSSR count). The molecule has 2 aliphatic rings. The van der Waals surface area contributed by atoms with Gasteiger partial charge in [-0.05, 0) is 46.5 Å². The van der Waals surface area contributed by atoms with Gasteiger partial charge in [0.05, 0.1) is 25.3 Å². The molecular weight excluding hydrogens is 258 g/mol. The summed E-state index contributed by atoms with van der Waals surface area (Å²) in [5.41, 5.74) is -0.470. The number of amides is 1. The van der Waals surface area contributed by atoms with E-state index < -0.39 is 5.60 Å². The first-order valence-corrected chi connectivity index (χ1v) is 7.65. The largest absolute Gasteiger partial charge is 0.444 e. The standard InChI is InChI=1S/C15H27NO4/c1-15(2,3)20-14(17)16(10-12-6-4-8-18-12)11-13-7-5-9-19-13/h12-13H,4-11H2,1-3H3. The van der Waals surface area contributed by atoms with Gasteiger partial charge in [-0.15, -0.1) is 0 Å². The van der Waals surface area contributed by atoms with Crippen molar-refractivity contribution in [3.63, 3.8) is 0 Å². The molecule has 0 spiro atoms. The number of carbonyl (C=O) groups excluding carboxylic acids is 1. The van der Waals surface area contributed by atoms with Gasteiger partial charge in [0.2, 0.25) is 0 Å². The van der Waals surface area contributed by atoms with E-state index in [-0.39, 0.29) is 18.3 Å². The zero-order chi connectivity index (χ0) is 14.6. The van der Waals surface area contributed by atoms with Crippen LogP contribution in [-0.2, 0) is 14.2 Å². The van der Waals surface area contributed by atoms with Crippen molar-refractivity contribution in [2.24, 2.45) is 0 Å². The first-order chi connectivity index (χ1) is 9.44. The summed E-state index contributed by atoms with van der Waals surface area (Å²) >= 11 is 0. The zero-order valence-corrected chi connectivity index (χ0v) is 12.9. The third kappa shape index (κ3) is 4.94. The molecule has 0 aromatic heterocycles. The number of nitrogens with zero attached hydrogens (tertiary/aromatic N) is 1. The molecule has 0 aromatic carbocycles. The molecule has 2 saturated heterocycles. The lowest BCUT2D eigenvalue weighted by Gasteiger charge is -2.30. The third-order valence-corrected chi connectivity index (χ3v) is 3.55. The van der Waals surface area contributed by atoms with Gasteiger partial charge in [-0.1, -0.05) is 0 Å². The molecule has 1 amide bonds. The molecule has 2 atom stereocenters. The smallest absolute Gasteiger partial charge is 0.410 e. The number of hydrogen-bond donors (Lipinski definition) is 0. The van der Waals surface area contributed by atoms with Crippen molar-refractivity contribution < 1.29 is 19.0 Å². The van der Waals surface area contributed by atoms with E-state index >= 15 is 0 Å². The number of carbonyl (C=O) groups is 1. The SMILES string of the molecule is CC(C)(C)OC(=O)N(CC1CCCO1)CC1CCCO1. The highest BCUT2D eigenvalue weighted by Gasteiger charge is 2.29. The van der Waals surface area contributed by atoms with Gasteiger partial charge in [-0.3, -0.25) is 0 Å². The average molecular weight is 285 g/mol. The van der Waals surface area contributed by atoms with Crippen molar-refractivity contribution in [1.82, 2.24) is 4.90 Å². The Morgan fingerprint density at radius 2 is 1.60 bits per heavy atom. The van der Waals surface area contributed by atoms with Gasteiger partial charge in [0.1, 0.15) is 5.60 Å². The highest BCUT2D eigenvalue weighted by atomic mass is 16.6. The minimum absolute atomic E-state index is 0.143. The van der Waals surface area contributed by atoms with Crippen LogP contribution < -0.4 is 0 Å². The molecule has 5 heteroatoms. The van der Waals surface area contributed by atoms with Gasteiger partial charge in [-0.2, -0.15) is 0 Å². The Balaban J connectivity index is 1.92. The molecule has 2 unspecified atom stereocenters. The first kappa shape index (κ1) is 15.6. The van der Waals surface area contributed by atoms with E-state index in [0.29, 0.717) is 13.1 Å². The topological polar surface area (TPSA) is 48.0 Å². The molecule has 0 saturated carbocycles. The summed E-state index contributed by atoms with van der Waals surface area (Å²) in [4.78, 5) is 14.1. The van der Waals surface area contributed by atoms with Crippen LogP contribution in [0.15, 0.2) is 0 Å². The van der Waals surface area contributed by atoms with Crippen molar-refractivity contribution >= 4 is 6.09 Å². The molecule has 116 valence electrons. The fourth-order valence-corrected chi connectivity index (χ4v) is 2.62. The van der Waals surface area contributed by atoms with E-state index in [9.17, 15) is 4.79 Å². The van der Waals surface area contributed by atoms with Crippen LogP contribution in [-0.4, -0.2) is 55.1 Å². The second kappa shape index (κ2) is 6.76. The van der Waals surface area contributed by atoms with E-state index in [4.69, 9.17) is 14.2 Å². The molecule has 0 bridgehead atoms. The van der Waals surface area contributed by atoms with E-state index in [0.717, 1.165) is 38.9 Å². The lowest BCUT2D eigenvalue weighted by Crippen LogP contribution is -2.44. The van der Waals surface area contributed by atoms with E-state index in [2.05, 4.69) is 0 Å². The summed E-state index contributed by atoms with van der Waals surface area (Å²) < 4.78 is 16.8. The summed E-state index contributed by atoms with van der Waals surface area (Å²) in [6, 6.07) is 0. The number of ether oxygens (including phenoxy) is 3. The van der Waals surface area contributed by atoms with Crippen molar-refractivity contribution in [3.05, 3.63) is 0 Å². The highest BCUT2D eigenvalue weighted by Crippen LogP contribution is 2.19. The predicted octanol–water partition coefficient (Wildman–Crippen LogP) is 2.58. The van der Waals surface area contributed by atoms with Gasteiger partial charge in [0.25, 0.3) is 0 Å². The second-order valence-electron chi connectivity index (χ2n) is 6.66. The minimum atomic E-state index is -0.470. The lowest BCUT2D eigenvalue weighted by atomic mass is 10.2. The van der Waals surface area contributed by atoms with Crippen LogP contribution in [0.4, 0.5) is 4.79 Å². The van der Waals surface area contributed by atoms with Gasteiger partial charge >= 0.3 is 6.09 Å². The molecule has 0 aromatic rings. The summed E-state index contributed by atoms with van der Waals surface area (Å²) in [6.07, 6.45) is 4.21. The Morgan fingerprint density at radius 3 is 1.95 bits per heavy atom. The van der Waals surface area contributed by atoms with Crippen molar-refractivity contribution in [1.29, 1.82) is 0 Å². The first-order valence-electron chi connectivity index (χ1n) is 7.65. The molecule has 0 aliphatic carbocycles. The number of hydrogen-bond acceptors (Lipinski definition) is 4. The molecule has 2 aliphatic heterocycles. The van der Waals surface area contributed by atoms with Crippen LogP contribution >= 0.6 is 0 Å². The van der Waals surface area contributed by atoms with Gasteiger partial charge < -0.3 is 19.1 Å². The van der Waals surface area contributed by atoms with E-state index in [1.807, 2.05) is 20.8 Å². The Labute approximate surface area is 121 Å². The van der Waals surface area contributed by atoms with Gasteiger partial charge in [0, 0.05) is 13.2 Å². The quantitative estimate of drug-likeness (QED) is 0.796. The molecule has 2 fully saturated rings. The molecule has 20 heavy (non-hydrogen) atoms. The van der Waals surface area contributed by atoms with Crippen LogP contribution in [0.2, 0.25) is 0 Å². The zero-order valence-electron chi connectivity index (χ0n) is 12.9.